The Morgan fingerprint density at radius 3 is 1.54 bits per heavy atom. The third kappa shape index (κ3) is 9.20. The van der Waals surface area contributed by atoms with Crippen LogP contribution in [0.5, 0.6) is 0 Å². The van der Waals surface area contributed by atoms with E-state index in [9.17, 15) is 0 Å². The molecular formula is C8H20B20. The normalized spacial score (nSPS) is 14.4. The quantitative estimate of drug-likeness (QED) is 0.380. The Bertz CT molecular complexity index is 364. The van der Waals surface area contributed by atoms with Crippen LogP contribution in [0.4, 0.5) is 0 Å². The molecule has 1 rings (SSSR count). The summed E-state index contributed by atoms with van der Waals surface area (Å²) in [6.07, 6.45) is -0.840. The van der Waals surface area contributed by atoms with Gasteiger partial charge in [-0.05, 0) is 0 Å². The van der Waals surface area contributed by atoms with Gasteiger partial charge in [0.2, 0.25) is 0 Å². The lowest BCUT2D eigenvalue weighted by Crippen LogP contribution is -2.69. The Balaban J connectivity index is 0. The second-order valence-corrected chi connectivity index (χ2v) is 7.30. The molecule has 0 aromatic heterocycles. The molecule has 0 N–H and O–H groups in total. The zero-order valence-electron chi connectivity index (χ0n) is 18.5. The summed E-state index contributed by atoms with van der Waals surface area (Å²) in [5.74, 6) is 0.349. The highest BCUT2D eigenvalue weighted by atomic mass is 13.9. The predicted octanol–water partition coefficient (Wildman–Crippen LogP) is -3.79. The number of hydrogen-bond acceptors (Lipinski definition) is 0. The van der Waals surface area contributed by atoms with Gasteiger partial charge in [-0.15, -0.1) is 6.22 Å². The summed E-state index contributed by atoms with van der Waals surface area (Å²) in [5, 5.41) is 0. The van der Waals surface area contributed by atoms with Gasteiger partial charge in [0.1, 0.15) is 0 Å². The van der Waals surface area contributed by atoms with Crippen molar-refractivity contribution in [3.05, 3.63) is 0 Å². The monoisotopic (exact) mass is 336 g/mol. The number of rotatable bonds is 9. The van der Waals surface area contributed by atoms with Crippen LogP contribution >= 0.6 is 0 Å². The zero-order valence-corrected chi connectivity index (χ0v) is 18.5. The van der Waals surface area contributed by atoms with E-state index in [-0.39, 0.29) is 38.7 Å². The second-order valence-electron chi connectivity index (χ2n) is 7.30. The smallest absolute Gasteiger partial charge is 0.0847 e. The van der Waals surface area contributed by atoms with Gasteiger partial charge in [-0.1, -0.05) is 46.8 Å². The van der Waals surface area contributed by atoms with Gasteiger partial charge in [0, 0.05) is 128 Å². The second kappa shape index (κ2) is 16.9. The van der Waals surface area contributed by atoms with Gasteiger partial charge in [0.05, 0.1) is 13.2 Å². The first-order chi connectivity index (χ1) is 13.1. The predicted molar refractivity (Wildman–Crippen MR) is 157 cm³/mol. The maximum Gasteiger partial charge on any atom is 0.0847 e. The summed E-state index contributed by atoms with van der Waals surface area (Å²) in [7, 11) is 56.2. The molecule has 0 spiro atoms. The zero-order chi connectivity index (χ0) is 22.6. The lowest BCUT2D eigenvalue weighted by atomic mass is 8.52. The van der Waals surface area contributed by atoms with Gasteiger partial charge in [-0.3, -0.25) is 0 Å². The Kier molecular flexibility index (Phi) is 19.0. The van der Waals surface area contributed by atoms with E-state index in [0.717, 1.165) is 12.5 Å². The first-order valence-corrected chi connectivity index (χ1v) is 10.5. The van der Waals surface area contributed by atoms with Crippen molar-refractivity contribution in [2.24, 2.45) is 0 Å². The molecule has 28 heavy (non-hydrogen) atoms. The van der Waals surface area contributed by atoms with Crippen LogP contribution in [0.2, 0.25) is 18.4 Å². The molecule has 1 aliphatic rings. The van der Waals surface area contributed by atoms with Gasteiger partial charge >= 0.3 is 0 Å². The van der Waals surface area contributed by atoms with E-state index >= 15 is 0 Å². The SMILES string of the molecule is CC.CC.[B][B]B([B])B(B([B])[B])B1CB(B(B([B])[B])B([B][B])B([B])[B])[C@H](C)C1. The highest BCUT2D eigenvalue weighted by molar-refractivity contribution is 8.04. The fourth-order valence-electron chi connectivity index (χ4n) is 4.54. The highest BCUT2D eigenvalue weighted by Gasteiger charge is 2.48. The van der Waals surface area contributed by atoms with Crippen LogP contribution in [0, 0.1) is 0 Å². The third-order valence-corrected chi connectivity index (χ3v) is 5.69. The van der Waals surface area contributed by atoms with Gasteiger partial charge in [-0.25, -0.2) is 0 Å². The van der Waals surface area contributed by atoms with Crippen molar-refractivity contribution in [2.75, 3.05) is 0 Å². The van der Waals surface area contributed by atoms with Crippen molar-refractivity contribution in [1.82, 2.24) is 0 Å². The van der Waals surface area contributed by atoms with Crippen molar-refractivity contribution in [1.29, 1.82) is 0 Å². The van der Waals surface area contributed by atoms with Crippen LogP contribution in [0.15, 0.2) is 0 Å². The van der Waals surface area contributed by atoms with Crippen LogP contribution in [0.1, 0.15) is 34.6 Å². The van der Waals surface area contributed by atoms with E-state index in [4.69, 9.17) is 69.6 Å². The Morgan fingerprint density at radius 1 is 0.750 bits per heavy atom. The lowest BCUT2D eigenvalue weighted by molar-refractivity contribution is 1.06. The molecule has 20 radical (unpaired) electrons. The van der Waals surface area contributed by atoms with Gasteiger partial charge in [0.15, 0.2) is 0 Å². The molecule has 1 atom stereocenters. The van der Waals surface area contributed by atoms with E-state index in [1.165, 1.54) is 14.1 Å². The largest absolute Gasteiger partial charge is 0.109 e. The summed E-state index contributed by atoms with van der Waals surface area (Å²) in [6.45, 7) is 10.6. The summed E-state index contributed by atoms with van der Waals surface area (Å²) in [6, 6.07) is 0. The maximum absolute atomic E-state index is 6.10. The molecule has 0 aromatic rings. The van der Waals surface area contributed by atoms with Crippen molar-refractivity contribution >= 4 is 142 Å². The van der Waals surface area contributed by atoms with Gasteiger partial charge < -0.3 is 0 Å². The van der Waals surface area contributed by atoms with E-state index in [1.54, 1.807) is 0 Å². The summed E-state index contributed by atoms with van der Waals surface area (Å²) in [5.41, 5.74) is 0. The van der Waals surface area contributed by atoms with Gasteiger partial charge in [-0.2, -0.15) is 0 Å². The molecule has 1 saturated heterocycles. The topological polar surface area (TPSA) is 0 Å². The van der Waals surface area contributed by atoms with Crippen LogP contribution in [0.25, 0.3) is 0 Å². The molecule has 0 aliphatic carbocycles. The minimum atomic E-state index is -0.618. The summed E-state index contributed by atoms with van der Waals surface area (Å²) in [4.78, 5) is 0. The number of hydrogen-bond donors (Lipinski definition) is 0. The van der Waals surface area contributed by atoms with Crippen molar-refractivity contribution < 1.29 is 0 Å². The lowest BCUT2D eigenvalue weighted by Gasteiger charge is -2.34. The van der Waals surface area contributed by atoms with Gasteiger partial charge in [0.25, 0.3) is 0 Å². The first-order valence-electron chi connectivity index (χ1n) is 10.5. The van der Waals surface area contributed by atoms with Crippen LogP contribution in [-0.4, -0.2) is 142 Å². The van der Waals surface area contributed by atoms with E-state index in [0.29, 0.717) is 5.82 Å². The Labute approximate surface area is 194 Å². The Morgan fingerprint density at radius 2 is 1.21 bits per heavy atom. The molecule has 0 aromatic carbocycles. The minimum Gasteiger partial charge on any atom is -0.109 e. The van der Waals surface area contributed by atoms with E-state index < -0.39 is 19.2 Å². The third-order valence-electron chi connectivity index (χ3n) is 5.69. The minimum absolute atomic E-state index is 0.107. The van der Waals surface area contributed by atoms with Crippen LogP contribution in [0.3, 0.4) is 0 Å². The van der Waals surface area contributed by atoms with E-state index in [1.807, 2.05) is 27.7 Å². The van der Waals surface area contributed by atoms with Crippen molar-refractivity contribution in [3.63, 3.8) is 0 Å². The highest BCUT2D eigenvalue weighted by Crippen LogP contribution is 2.34. The van der Waals surface area contributed by atoms with Crippen molar-refractivity contribution in [2.45, 2.75) is 53.0 Å². The summed E-state index contributed by atoms with van der Waals surface area (Å²) < 4.78 is 0. The molecule has 0 amide bonds. The maximum atomic E-state index is 6.10. The molecule has 1 fully saturated rings. The molecular weight excluding hydrogens is 312 g/mol. The molecule has 0 unspecified atom stereocenters. The molecule has 0 nitrogen and oxygen atoms in total. The fraction of sp³-hybridized carbons (Fsp3) is 1.00. The summed E-state index contributed by atoms with van der Waals surface area (Å²) >= 11 is 0. The molecule has 1 aliphatic heterocycles. The molecule has 1 heterocycles. The molecule has 20 heteroatoms. The molecule has 0 saturated carbocycles. The fourth-order valence-corrected chi connectivity index (χ4v) is 4.54. The molecule has 112 valence electrons. The van der Waals surface area contributed by atoms with Crippen LogP contribution in [-0.2, 0) is 0 Å². The van der Waals surface area contributed by atoms with Crippen LogP contribution < -0.4 is 0 Å². The van der Waals surface area contributed by atoms with E-state index in [2.05, 4.69) is 6.92 Å². The standard InChI is InChI=1S/C4H8B20.2C2H6/c1-4-2-16(23(19(9)10)21(13)14-5)3-17(4)24(20(11)12)22(15-6)18(7)8;2*1-2/h4H,2-3H2,1H3;2*1-2H3/t4-;;/m1../s1. The Hall–Kier alpha value is 1.30. The van der Waals surface area contributed by atoms with Crippen molar-refractivity contribution in [3.8, 4) is 0 Å². The molecule has 0 bridgehead atoms. The average molecular weight is 332 g/mol. The first kappa shape index (κ1) is 31.5. The average Bonchev–Trinajstić information content (AvgIpc) is 3.02.